The van der Waals surface area contributed by atoms with Crippen LogP contribution in [-0.2, 0) is 0 Å². The van der Waals surface area contributed by atoms with Crippen molar-refractivity contribution in [1.82, 2.24) is 4.90 Å². The van der Waals surface area contributed by atoms with Gasteiger partial charge in [0.15, 0.2) is 0 Å². The van der Waals surface area contributed by atoms with Crippen molar-refractivity contribution in [3.05, 3.63) is 34.6 Å². The molecule has 0 fully saturated rings. The van der Waals surface area contributed by atoms with Crippen molar-refractivity contribution in [1.29, 1.82) is 0 Å². The molecule has 0 radical (unpaired) electrons. The van der Waals surface area contributed by atoms with Crippen LogP contribution in [0.15, 0.2) is 18.2 Å². The number of halogens is 2. The van der Waals surface area contributed by atoms with Crippen molar-refractivity contribution in [2.45, 2.75) is 13.8 Å². The third kappa shape index (κ3) is 3.68. The average Bonchev–Trinajstić information content (AvgIpc) is 2.31. The molecule has 18 heavy (non-hydrogen) atoms. The summed E-state index contributed by atoms with van der Waals surface area (Å²) >= 11 is 5.77. The molecule has 5 heteroatoms. The van der Waals surface area contributed by atoms with E-state index in [1.807, 2.05) is 13.8 Å². The Bertz CT molecular complexity index is 449. The molecule has 1 rings (SSSR count). The first-order chi connectivity index (χ1) is 8.26. The van der Waals surface area contributed by atoms with Gasteiger partial charge in [-0.1, -0.05) is 25.4 Å². The summed E-state index contributed by atoms with van der Waals surface area (Å²) in [5.41, 5.74) is 5.39. The molecule has 0 aliphatic carbocycles. The van der Waals surface area contributed by atoms with Gasteiger partial charge in [0.1, 0.15) is 5.82 Å². The predicted octanol–water partition coefficient (Wildman–Crippen LogP) is 2.54. The lowest BCUT2D eigenvalue weighted by Gasteiger charge is -2.29. The highest BCUT2D eigenvalue weighted by Gasteiger charge is 2.23. The van der Waals surface area contributed by atoms with Crippen molar-refractivity contribution >= 4 is 17.5 Å². The van der Waals surface area contributed by atoms with E-state index in [0.717, 1.165) is 0 Å². The predicted molar refractivity (Wildman–Crippen MR) is 71.2 cm³/mol. The van der Waals surface area contributed by atoms with Gasteiger partial charge in [-0.15, -0.1) is 0 Å². The van der Waals surface area contributed by atoms with Crippen LogP contribution in [0, 0.1) is 11.2 Å². The fraction of sp³-hybridized carbons (Fsp3) is 0.462. The summed E-state index contributed by atoms with van der Waals surface area (Å²) in [6.07, 6.45) is 0. The van der Waals surface area contributed by atoms with Crippen LogP contribution in [0.1, 0.15) is 24.2 Å². The minimum absolute atomic E-state index is 0.0159. The molecule has 100 valence electrons. The Balaban J connectivity index is 2.90. The third-order valence-corrected chi connectivity index (χ3v) is 2.96. The summed E-state index contributed by atoms with van der Waals surface area (Å²) < 4.78 is 13.6. The van der Waals surface area contributed by atoms with E-state index in [4.69, 9.17) is 17.3 Å². The van der Waals surface area contributed by atoms with Crippen LogP contribution >= 0.6 is 11.6 Å². The molecule has 0 aromatic heterocycles. The quantitative estimate of drug-likeness (QED) is 0.916. The zero-order valence-electron chi connectivity index (χ0n) is 10.8. The van der Waals surface area contributed by atoms with Crippen LogP contribution in [0.3, 0.4) is 0 Å². The third-order valence-electron chi connectivity index (χ3n) is 2.72. The van der Waals surface area contributed by atoms with Crippen molar-refractivity contribution < 1.29 is 9.18 Å². The molecule has 1 aromatic carbocycles. The van der Waals surface area contributed by atoms with Crippen LogP contribution in [0.5, 0.6) is 0 Å². The first-order valence-corrected chi connectivity index (χ1v) is 6.05. The van der Waals surface area contributed by atoms with E-state index in [0.29, 0.717) is 18.1 Å². The largest absolute Gasteiger partial charge is 0.341 e. The molecule has 0 atom stereocenters. The first kappa shape index (κ1) is 14.9. The number of benzene rings is 1. The fourth-order valence-electron chi connectivity index (χ4n) is 1.65. The molecule has 0 aliphatic rings. The van der Waals surface area contributed by atoms with Crippen LogP contribution in [0.25, 0.3) is 0 Å². The fourth-order valence-corrected chi connectivity index (χ4v) is 1.82. The number of rotatable bonds is 4. The Morgan fingerprint density at radius 1 is 1.50 bits per heavy atom. The number of nitrogens with zero attached hydrogens (tertiary/aromatic N) is 1. The van der Waals surface area contributed by atoms with E-state index in [1.54, 1.807) is 7.05 Å². The summed E-state index contributed by atoms with van der Waals surface area (Å²) in [5, 5.41) is 0.339. The van der Waals surface area contributed by atoms with Gasteiger partial charge < -0.3 is 10.6 Å². The van der Waals surface area contributed by atoms with Crippen molar-refractivity contribution in [2.75, 3.05) is 20.1 Å². The molecule has 2 N–H and O–H groups in total. The van der Waals surface area contributed by atoms with Gasteiger partial charge >= 0.3 is 0 Å². The first-order valence-electron chi connectivity index (χ1n) is 5.67. The zero-order chi connectivity index (χ0) is 13.9. The molecule has 0 heterocycles. The van der Waals surface area contributed by atoms with Crippen LogP contribution in [-0.4, -0.2) is 30.9 Å². The van der Waals surface area contributed by atoms with E-state index in [-0.39, 0.29) is 11.0 Å². The Morgan fingerprint density at radius 2 is 2.11 bits per heavy atom. The van der Waals surface area contributed by atoms with Crippen molar-refractivity contribution in [2.24, 2.45) is 11.1 Å². The molecular weight excluding hydrogens is 255 g/mol. The van der Waals surface area contributed by atoms with Crippen molar-refractivity contribution in [3.63, 3.8) is 0 Å². The highest BCUT2D eigenvalue weighted by atomic mass is 35.5. The molecule has 0 saturated heterocycles. The molecule has 1 aromatic rings. The monoisotopic (exact) mass is 272 g/mol. The molecule has 3 nitrogen and oxygen atoms in total. The molecule has 0 unspecified atom stereocenters. The minimum atomic E-state index is -0.568. The number of carbonyl (C=O) groups is 1. The summed E-state index contributed by atoms with van der Waals surface area (Å²) in [5.74, 6) is -0.960. The van der Waals surface area contributed by atoms with Crippen LogP contribution in [0.4, 0.5) is 4.39 Å². The lowest BCUT2D eigenvalue weighted by molar-refractivity contribution is 0.0736. The summed E-state index contributed by atoms with van der Waals surface area (Å²) in [6.45, 7) is 4.80. The molecule has 1 amide bonds. The molecule has 0 bridgehead atoms. The van der Waals surface area contributed by atoms with E-state index >= 15 is 0 Å². The number of nitrogens with two attached hydrogens (primary N) is 1. The van der Waals surface area contributed by atoms with Gasteiger partial charge in [-0.3, -0.25) is 4.79 Å². The van der Waals surface area contributed by atoms with Crippen molar-refractivity contribution in [3.8, 4) is 0 Å². The summed E-state index contributed by atoms with van der Waals surface area (Å²) in [6, 6.07) is 3.94. The molecule has 0 aliphatic heterocycles. The molecular formula is C13H18ClFN2O. The topological polar surface area (TPSA) is 46.3 Å². The maximum Gasteiger partial charge on any atom is 0.256 e. The average molecular weight is 273 g/mol. The Morgan fingerprint density at radius 3 is 2.67 bits per heavy atom. The Hall–Kier alpha value is -1.13. The number of hydrogen-bond acceptors (Lipinski definition) is 2. The van der Waals surface area contributed by atoms with E-state index < -0.39 is 11.7 Å². The second-order valence-corrected chi connectivity index (χ2v) is 5.59. The zero-order valence-corrected chi connectivity index (χ0v) is 11.6. The highest BCUT2D eigenvalue weighted by Crippen LogP contribution is 2.19. The van der Waals surface area contributed by atoms with Gasteiger partial charge in [0, 0.05) is 18.6 Å². The smallest absolute Gasteiger partial charge is 0.256 e. The maximum absolute atomic E-state index is 13.6. The molecule has 0 saturated carbocycles. The van der Waals surface area contributed by atoms with Crippen LogP contribution in [0.2, 0.25) is 5.02 Å². The van der Waals surface area contributed by atoms with Gasteiger partial charge in [0.25, 0.3) is 5.91 Å². The lowest BCUT2D eigenvalue weighted by Crippen LogP contribution is -2.40. The standard InChI is InChI=1S/C13H18ClFN2O/c1-13(2,7-16)8-17(3)12(18)10-6-9(14)4-5-11(10)15/h4-6H,7-8,16H2,1-3H3. The van der Waals surface area contributed by atoms with Gasteiger partial charge in [0.2, 0.25) is 0 Å². The van der Waals surface area contributed by atoms with E-state index in [1.165, 1.54) is 23.1 Å². The second kappa shape index (κ2) is 5.67. The van der Waals surface area contributed by atoms with Gasteiger partial charge in [0.05, 0.1) is 5.56 Å². The van der Waals surface area contributed by atoms with E-state index in [2.05, 4.69) is 0 Å². The van der Waals surface area contributed by atoms with Gasteiger partial charge in [-0.25, -0.2) is 4.39 Å². The second-order valence-electron chi connectivity index (χ2n) is 5.15. The normalized spacial score (nSPS) is 11.4. The number of hydrogen-bond donors (Lipinski definition) is 1. The lowest BCUT2D eigenvalue weighted by atomic mass is 9.93. The van der Waals surface area contributed by atoms with E-state index in [9.17, 15) is 9.18 Å². The minimum Gasteiger partial charge on any atom is -0.341 e. The summed E-state index contributed by atoms with van der Waals surface area (Å²) in [4.78, 5) is 13.6. The Kier molecular flexibility index (Phi) is 4.71. The highest BCUT2D eigenvalue weighted by molar-refractivity contribution is 6.30. The van der Waals surface area contributed by atoms with Crippen LogP contribution < -0.4 is 5.73 Å². The number of amides is 1. The Labute approximate surface area is 112 Å². The molecule has 0 spiro atoms. The number of carbonyl (C=O) groups excluding carboxylic acids is 1. The SMILES string of the molecule is CN(CC(C)(C)CN)C(=O)c1cc(Cl)ccc1F. The van der Waals surface area contributed by atoms with Gasteiger partial charge in [-0.05, 0) is 30.2 Å². The maximum atomic E-state index is 13.6. The van der Waals surface area contributed by atoms with Gasteiger partial charge in [-0.2, -0.15) is 0 Å². The summed E-state index contributed by atoms with van der Waals surface area (Å²) in [7, 11) is 1.63.